The number of benzene rings is 1. The molecule has 4 nitrogen and oxygen atoms in total. The summed E-state index contributed by atoms with van der Waals surface area (Å²) in [6, 6.07) is 8.52. The average Bonchev–Trinajstić information content (AvgIpc) is 2.88. The van der Waals surface area contributed by atoms with E-state index in [1.807, 2.05) is 0 Å². The molecule has 118 valence electrons. The van der Waals surface area contributed by atoms with Crippen molar-refractivity contribution in [3.63, 3.8) is 0 Å². The Balaban J connectivity index is 0.00000220. The van der Waals surface area contributed by atoms with Crippen LogP contribution in [0.25, 0.3) is 0 Å². The van der Waals surface area contributed by atoms with Crippen LogP contribution in [0.5, 0.6) is 0 Å². The van der Waals surface area contributed by atoms with Crippen LogP contribution < -0.4 is 10.6 Å². The second-order valence-electron chi connectivity index (χ2n) is 5.67. The van der Waals surface area contributed by atoms with Gasteiger partial charge in [-0.2, -0.15) is 0 Å². The number of nitrogens with one attached hydrogen (secondary N) is 2. The van der Waals surface area contributed by atoms with Crippen molar-refractivity contribution in [2.45, 2.75) is 38.8 Å². The van der Waals surface area contributed by atoms with Gasteiger partial charge < -0.3 is 15.4 Å². The number of nitrogens with zero attached hydrogens (tertiary/aromatic N) is 1. The molecule has 0 spiro atoms. The number of aliphatic imine (C=N–C) groups is 1. The summed E-state index contributed by atoms with van der Waals surface area (Å²) in [5.41, 5.74) is 2.48. The first kappa shape index (κ1) is 18.2. The van der Waals surface area contributed by atoms with Gasteiger partial charge in [0.1, 0.15) is 0 Å². The highest BCUT2D eigenvalue weighted by atomic mass is 127. The van der Waals surface area contributed by atoms with E-state index in [0.717, 1.165) is 38.5 Å². The summed E-state index contributed by atoms with van der Waals surface area (Å²) >= 11 is 0. The molecule has 0 radical (unpaired) electrons. The predicted octanol–water partition coefficient (Wildman–Crippen LogP) is 2.85. The Morgan fingerprint density at radius 1 is 1.29 bits per heavy atom. The minimum absolute atomic E-state index is 0. The summed E-state index contributed by atoms with van der Waals surface area (Å²) in [5, 5.41) is 6.68. The smallest absolute Gasteiger partial charge is 0.191 e. The first-order valence-electron chi connectivity index (χ1n) is 7.25. The maximum Gasteiger partial charge on any atom is 0.191 e. The van der Waals surface area contributed by atoms with Crippen molar-refractivity contribution >= 4 is 29.9 Å². The van der Waals surface area contributed by atoms with E-state index in [4.69, 9.17) is 4.74 Å². The van der Waals surface area contributed by atoms with Crippen molar-refractivity contribution in [2.24, 2.45) is 4.99 Å². The molecule has 0 aromatic heterocycles. The molecule has 1 saturated heterocycles. The van der Waals surface area contributed by atoms with Gasteiger partial charge in [-0.15, -0.1) is 24.0 Å². The lowest BCUT2D eigenvalue weighted by molar-refractivity contribution is 0.0243. The minimum atomic E-state index is -0.0541. The molecule has 5 heteroatoms. The van der Waals surface area contributed by atoms with Gasteiger partial charge in [-0.25, -0.2) is 0 Å². The largest absolute Gasteiger partial charge is 0.373 e. The molecule has 1 aromatic carbocycles. The SMILES string of the molecule is CN=C(NCc1ccc(C)cc1)NCC1(C)CCCO1.I. The second-order valence-corrected chi connectivity index (χ2v) is 5.67. The van der Waals surface area contributed by atoms with E-state index in [-0.39, 0.29) is 29.6 Å². The Morgan fingerprint density at radius 2 is 2.00 bits per heavy atom. The highest BCUT2D eigenvalue weighted by Crippen LogP contribution is 2.23. The number of rotatable bonds is 4. The summed E-state index contributed by atoms with van der Waals surface area (Å²) in [7, 11) is 1.79. The van der Waals surface area contributed by atoms with Gasteiger partial charge in [-0.05, 0) is 32.3 Å². The Morgan fingerprint density at radius 3 is 2.57 bits per heavy atom. The summed E-state index contributed by atoms with van der Waals surface area (Å²) in [5.74, 6) is 0.822. The molecule has 1 heterocycles. The topological polar surface area (TPSA) is 45.7 Å². The average molecular weight is 403 g/mol. The lowest BCUT2D eigenvalue weighted by Gasteiger charge is -2.24. The molecule has 1 unspecified atom stereocenters. The molecular weight excluding hydrogens is 377 g/mol. The van der Waals surface area contributed by atoms with Crippen LogP contribution in [0.4, 0.5) is 0 Å². The molecule has 1 fully saturated rings. The zero-order valence-corrected chi connectivity index (χ0v) is 15.4. The van der Waals surface area contributed by atoms with Gasteiger partial charge in [-0.3, -0.25) is 4.99 Å². The fourth-order valence-corrected chi connectivity index (χ4v) is 2.36. The van der Waals surface area contributed by atoms with Gasteiger partial charge in [0.2, 0.25) is 0 Å². The van der Waals surface area contributed by atoms with Gasteiger partial charge in [0, 0.05) is 26.7 Å². The Bertz CT molecular complexity index is 453. The van der Waals surface area contributed by atoms with Crippen molar-refractivity contribution < 1.29 is 4.74 Å². The van der Waals surface area contributed by atoms with Crippen molar-refractivity contribution in [1.29, 1.82) is 0 Å². The van der Waals surface area contributed by atoms with E-state index in [1.165, 1.54) is 11.1 Å². The first-order chi connectivity index (χ1) is 9.61. The van der Waals surface area contributed by atoms with E-state index >= 15 is 0 Å². The van der Waals surface area contributed by atoms with Crippen LogP contribution in [0.15, 0.2) is 29.3 Å². The number of ether oxygens (including phenoxy) is 1. The van der Waals surface area contributed by atoms with Gasteiger partial charge in [0.15, 0.2) is 5.96 Å². The molecule has 1 aliphatic heterocycles. The molecule has 1 aromatic rings. The normalized spacial score (nSPS) is 21.8. The summed E-state index contributed by atoms with van der Waals surface area (Å²) in [6.07, 6.45) is 2.25. The molecule has 2 N–H and O–H groups in total. The maximum absolute atomic E-state index is 5.77. The third kappa shape index (κ3) is 5.82. The molecule has 21 heavy (non-hydrogen) atoms. The van der Waals surface area contributed by atoms with Crippen LogP contribution in [0.2, 0.25) is 0 Å². The van der Waals surface area contributed by atoms with E-state index < -0.39 is 0 Å². The van der Waals surface area contributed by atoms with Gasteiger partial charge in [-0.1, -0.05) is 29.8 Å². The van der Waals surface area contributed by atoms with Crippen molar-refractivity contribution in [3.05, 3.63) is 35.4 Å². The van der Waals surface area contributed by atoms with Crippen LogP contribution in [-0.4, -0.2) is 31.8 Å². The van der Waals surface area contributed by atoms with Crippen LogP contribution in [0, 0.1) is 6.92 Å². The number of hydrogen-bond acceptors (Lipinski definition) is 2. The fourth-order valence-electron chi connectivity index (χ4n) is 2.36. The molecule has 0 bridgehead atoms. The van der Waals surface area contributed by atoms with E-state index in [2.05, 4.69) is 53.7 Å². The van der Waals surface area contributed by atoms with Gasteiger partial charge in [0.25, 0.3) is 0 Å². The van der Waals surface area contributed by atoms with E-state index in [1.54, 1.807) is 7.05 Å². The highest BCUT2D eigenvalue weighted by molar-refractivity contribution is 14.0. The predicted molar refractivity (Wildman–Crippen MR) is 98.4 cm³/mol. The summed E-state index contributed by atoms with van der Waals surface area (Å²) in [6.45, 7) is 6.69. The Hall–Kier alpha value is -0.820. The monoisotopic (exact) mass is 403 g/mol. The standard InChI is InChI=1S/C16H25N3O.HI/c1-13-5-7-14(8-6-13)11-18-15(17-3)19-12-16(2)9-4-10-20-16;/h5-8H,4,9-12H2,1-3H3,(H2,17,18,19);1H. The zero-order valence-electron chi connectivity index (χ0n) is 13.1. The van der Waals surface area contributed by atoms with Crippen LogP contribution in [-0.2, 0) is 11.3 Å². The zero-order chi connectivity index (χ0) is 14.4. The summed E-state index contributed by atoms with van der Waals surface area (Å²) in [4.78, 5) is 4.25. The lowest BCUT2D eigenvalue weighted by Crippen LogP contribution is -2.45. The third-order valence-electron chi connectivity index (χ3n) is 3.73. The highest BCUT2D eigenvalue weighted by Gasteiger charge is 2.29. The van der Waals surface area contributed by atoms with Crippen LogP contribution in [0.1, 0.15) is 30.9 Å². The van der Waals surface area contributed by atoms with E-state index in [0.29, 0.717) is 0 Å². The number of hydrogen-bond donors (Lipinski definition) is 2. The Kier molecular flexibility index (Phi) is 7.45. The van der Waals surface area contributed by atoms with Crippen molar-refractivity contribution in [2.75, 3.05) is 20.2 Å². The van der Waals surface area contributed by atoms with Crippen LogP contribution >= 0.6 is 24.0 Å². The molecule has 0 amide bonds. The number of halogens is 1. The van der Waals surface area contributed by atoms with Crippen molar-refractivity contribution in [1.82, 2.24) is 10.6 Å². The first-order valence-corrected chi connectivity index (χ1v) is 7.25. The fraction of sp³-hybridized carbons (Fsp3) is 0.562. The van der Waals surface area contributed by atoms with Gasteiger partial charge >= 0.3 is 0 Å². The third-order valence-corrected chi connectivity index (χ3v) is 3.73. The summed E-state index contributed by atoms with van der Waals surface area (Å²) < 4.78 is 5.77. The number of guanidine groups is 1. The quantitative estimate of drug-likeness (QED) is 0.462. The molecule has 0 saturated carbocycles. The number of aryl methyl sites for hydroxylation is 1. The second kappa shape index (κ2) is 8.58. The van der Waals surface area contributed by atoms with Crippen molar-refractivity contribution in [3.8, 4) is 0 Å². The van der Waals surface area contributed by atoms with E-state index in [9.17, 15) is 0 Å². The molecule has 0 aliphatic carbocycles. The lowest BCUT2D eigenvalue weighted by atomic mass is 10.0. The molecule has 2 rings (SSSR count). The van der Waals surface area contributed by atoms with Crippen LogP contribution in [0.3, 0.4) is 0 Å². The Labute approximate surface area is 144 Å². The minimum Gasteiger partial charge on any atom is -0.373 e. The maximum atomic E-state index is 5.77. The molecule has 1 aliphatic rings. The molecule has 1 atom stereocenters. The van der Waals surface area contributed by atoms with Gasteiger partial charge in [0.05, 0.1) is 5.60 Å². The molecular formula is C16H26IN3O.